The maximum Gasteiger partial charge on any atom is 0.251 e. The van der Waals surface area contributed by atoms with Crippen LogP contribution in [0.3, 0.4) is 0 Å². The van der Waals surface area contributed by atoms with Crippen molar-refractivity contribution in [1.82, 2.24) is 10.2 Å². The zero-order valence-electron chi connectivity index (χ0n) is 6.91. The molecule has 1 atom stereocenters. The first-order chi connectivity index (χ1) is 5.61. The number of rotatable bonds is 1. The number of carbonyl (C=O) groups excluding carboxylic acids is 2. The first-order valence-corrected chi connectivity index (χ1v) is 3.85. The summed E-state index contributed by atoms with van der Waals surface area (Å²) >= 11 is 0. The molecule has 1 aliphatic rings. The Kier molecular flexibility index (Phi) is 2.65. The Balaban J connectivity index is 2.51. The van der Waals surface area contributed by atoms with Gasteiger partial charge in [-0.25, -0.2) is 0 Å². The van der Waals surface area contributed by atoms with Crippen molar-refractivity contribution in [2.75, 3.05) is 19.6 Å². The van der Waals surface area contributed by atoms with E-state index in [4.69, 9.17) is 5.11 Å². The maximum atomic E-state index is 11.1. The smallest absolute Gasteiger partial charge is 0.251 e. The van der Waals surface area contributed by atoms with Gasteiger partial charge in [-0.3, -0.25) is 9.59 Å². The lowest BCUT2D eigenvalue weighted by Crippen LogP contribution is -2.52. The number of amides is 2. The van der Waals surface area contributed by atoms with Gasteiger partial charge in [-0.1, -0.05) is 0 Å². The number of hydrogen-bond donors (Lipinski definition) is 2. The summed E-state index contributed by atoms with van der Waals surface area (Å²) in [6, 6.07) is 0. The Morgan fingerprint density at radius 1 is 1.75 bits per heavy atom. The van der Waals surface area contributed by atoms with Crippen molar-refractivity contribution in [3.8, 4) is 0 Å². The normalized spacial score (nSPS) is 20.2. The molecule has 2 amide bonds. The number of piperazine rings is 1. The molecule has 0 spiro atoms. The highest BCUT2D eigenvalue weighted by atomic mass is 16.3. The zero-order valence-corrected chi connectivity index (χ0v) is 6.91. The van der Waals surface area contributed by atoms with Gasteiger partial charge in [0.15, 0.2) is 0 Å². The Morgan fingerprint density at radius 2 is 2.42 bits per heavy atom. The summed E-state index contributed by atoms with van der Waals surface area (Å²) in [6.45, 7) is 2.41. The Labute approximate surface area is 70.4 Å². The van der Waals surface area contributed by atoms with E-state index in [9.17, 15) is 9.59 Å². The summed E-state index contributed by atoms with van der Waals surface area (Å²) in [5, 5.41) is 11.5. The third-order valence-electron chi connectivity index (χ3n) is 1.71. The van der Waals surface area contributed by atoms with Crippen molar-refractivity contribution in [2.24, 2.45) is 0 Å². The second kappa shape index (κ2) is 3.53. The predicted octanol–water partition coefficient (Wildman–Crippen LogP) is -1.67. The molecule has 0 aromatic heterocycles. The van der Waals surface area contributed by atoms with Gasteiger partial charge in [-0.15, -0.1) is 0 Å². The summed E-state index contributed by atoms with van der Waals surface area (Å²) in [5.41, 5.74) is 0. The summed E-state index contributed by atoms with van der Waals surface area (Å²) in [5.74, 6) is -0.555. The van der Waals surface area contributed by atoms with Gasteiger partial charge in [0.1, 0.15) is 6.10 Å². The van der Waals surface area contributed by atoms with Crippen LogP contribution >= 0.6 is 0 Å². The molecule has 1 heterocycles. The fraction of sp³-hybridized carbons (Fsp3) is 0.714. The lowest BCUT2D eigenvalue weighted by Gasteiger charge is -2.27. The summed E-state index contributed by atoms with van der Waals surface area (Å²) in [6.07, 6.45) is -1.02. The third kappa shape index (κ3) is 1.94. The van der Waals surface area contributed by atoms with Gasteiger partial charge in [0.25, 0.3) is 5.91 Å². The lowest BCUT2D eigenvalue weighted by molar-refractivity contribution is -0.144. The average Bonchev–Trinajstić information content (AvgIpc) is 2.03. The topological polar surface area (TPSA) is 69.6 Å². The number of hydrogen-bond acceptors (Lipinski definition) is 3. The first-order valence-electron chi connectivity index (χ1n) is 3.85. The molecule has 0 aromatic rings. The van der Waals surface area contributed by atoms with E-state index in [1.807, 2.05) is 0 Å². The molecule has 0 aliphatic carbocycles. The quantitative estimate of drug-likeness (QED) is 0.496. The van der Waals surface area contributed by atoms with E-state index in [-0.39, 0.29) is 18.4 Å². The van der Waals surface area contributed by atoms with Crippen molar-refractivity contribution in [2.45, 2.75) is 13.0 Å². The highest BCUT2D eigenvalue weighted by Gasteiger charge is 2.23. The maximum absolute atomic E-state index is 11.1. The van der Waals surface area contributed by atoms with Crippen molar-refractivity contribution < 1.29 is 14.7 Å². The van der Waals surface area contributed by atoms with Gasteiger partial charge in [-0.05, 0) is 6.92 Å². The van der Waals surface area contributed by atoms with Crippen LogP contribution in [0, 0.1) is 0 Å². The minimum atomic E-state index is -1.02. The van der Waals surface area contributed by atoms with Crippen molar-refractivity contribution in [3.63, 3.8) is 0 Å². The van der Waals surface area contributed by atoms with Crippen LogP contribution in [0.25, 0.3) is 0 Å². The SMILES string of the molecule is C[C@@H](O)C(=O)N1CCNC(=O)C1. The minimum Gasteiger partial charge on any atom is -0.384 e. The van der Waals surface area contributed by atoms with E-state index >= 15 is 0 Å². The number of nitrogens with zero attached hydrogens (tertiary/aromatic N) is 1. The minimum absolute atomic E-state index is 0.0593. The molecule has 5 heteroatoms. The van der Waals surface area contributed by atoms with Crippen LogP contribution in [0.1, 0.15) is 6.92 Å². The molecular formula is C7H12N2O3. The predicted molar refractivity (Wildman–Crippen MR) is 41.3 cm³/mol. The fourth-order valence-electron chi connectivity index (χ4n) is 1.09. The number of carbonyl (C=O) groups is 2. The van der Waals surface area contributed by atoms with Crippen LogP contribution < -0.4 is 5.32 Å². The van der Waals surface area contributed by atoms with Gasteiger partial charge in [0.05, 0.1) is 6.54 Å². The van der Waals surface area contributed by atoms with Crippen molar-refractivity contribution in [1.29, 1.82) is 0 Å². The summed E-state index contributed by atoms with van der Waals surface area (Å²) in [4.78, 5) is 23.3. The van der Waals surface area contributed by atoms with Crippen LogP contribution in [0.2, 0.25) is 0 Å². The van der Waals surface area contributed by atoms with E-state index in [1.165, 1.54) is 11.8 Å². The zero-order chi connectivity index (χ0) is 9.14. The molecule has 1 fully saturated rings. The van der Waals surface area contributed by atoms with E-state index in [0.29, 0.717) is 13.1 Å². The largest absolute Gasteiger partial charge is 0.384 e. The second-order valence-corrected chi connectivity index (χ2v) is 2.79. The van der Waals surface area contributed by atoms with Gasteiger partial charge in [-0.2, -0.15) is 0 Å². The molecule has 1 rings (SSSR count). The van der Waals surface area contributed by atoms with E-state index in [2.05, 4.69) is 5.32 Å². The lowest BCUT2D eigenvalue weighted by atomic mass is 10.3. The van der Waals surface area contributed by atoms with Crippen LogP contribution in [-0.4, -0.2) is 47.6 Å². The van der Waals surface area contributed by atoms with Gasteiger partial charge in [0, 0.05) is 13.1 Å². The highest BCUT2D eigenvalue weighted by molar-refractivity contribution is 5.87. The highest BCUT2D eigenvalue weighted by Crippen LogP contribution is 1.97. The number of nitrogens with one attached hydrogen (secondary N) is 1. The molecule has 0 aromatic carbocycles. The van der Waals surface area contributed by atoms with Gasteiger partial charge >= 0.3 is 0 Å². The molecule has 1 aliphatic heterocycles. The van der Waals surface area contributed by atoms with Gasteiger partial charge in [0.2, 0.25) is 5.91 Å². The molecular weight excluding hydrogens is 160 g/mol. The van der Waals surface area contributed by atoms with Crippen LogP contribution in [0.4, 0.5) is 0 Å². The van der Waals surface area contributed by atoms with Crippen molar-refractivity contribution in [3.05, 3.63) is 0 Å². The molecule has 2 N–H and O–H groups in total. The Hall–Kier alpha value is -1.10. The van der Waals surface area contributed by atoms with Crippen LogP contribution in [0.15, 0.2) is 0 Å². The first kappa shape index (κ1) is 8.99. The molecule has 68 valence electrons. The Morgan fingerprint density at radius 3 is 2.92 bits per heavy atom. The molecule has 0 bridgehead atoms. The molecule has 5 nitrogen and oxygen atoms in total. The van der Waals surface area contributed by atoms with E-state index < -0.39 is 6.10 Å². The second-order valence-electron chi connectivity index (χ2n) is 2.79. The standard InChI is InChI=1S/C7H12N2O3/c1-5(10)7(12)9-3-2-8-6(11)4-9/h5,10H,2-4H2,1H3,(H,8,11)/t5-/m1/s1. The molecule has 12 heavy (non-hydrogen) atoms. The van der Waals surface area contributed by atoms with E-state index in [0.717, 1.165) is 0 Å². The average molecular weight is 172 g/mol. The monoisotopic (exact) mass is 172 g/mol. The summed E-state index contributed by atoms with van der Waals surface area (Å²) < 4.78 is 0. The van der Waals surface area contributed by atoms with Gasteiger partial charge < -0.3 is 15.3 Å². The molecule has 1 saturated heterocycles. The summed E-state index contributed by atoms with van der Waals surface area (Å²) in [7, 11) is 0. The van der Waals surface area contributed by atoms with Crippen LogP contribution in [-0.2, 0) is 9.59 Å². The van der Waals surface area contributed by atoms with Crippen LogP contribution in [0.5, 0.6) is 0 Å². The molecule has 0 unspecified atom stereocenters. The third-order valence-corrected chi connectivity index (χ3v) is 1.71. The fourth-order valence-corrected chi connectivity index (χ4v) is 1.09. The van der Waals surface area contributed by atoms with E-state index in [1.54, 1.807) is 0 Å². The number of aliphatic hydroxyl groups excluding tert-OH is 1. The Bertz CT molecular complexity index is 203. The number of aliphatic hydroxyl groups is 1. The molecule has 0 saturated carbocycles. The molecule has 0 radical (unpaired) electrons. The van der Waals surface area contributed by atoms with Crippen molar-refractivity contribution >= 4 is 11.8 Å².